The second kappa shape index (κ2) is 11.9. The first-order valence-electron chi connectivity index (χ1n) is 11.1. The number of likely N-dealkylation sites (N-methyl/N-ethyl adjacent to an activating group) is 1. The van der Waals surface area contributed by atoms with Gasteiger partial charge in [0.1, 0.15) is 12.6 Å². The highest BCUT2D eigenvalue weighted by atomic mass is 35.5. The molecule has 0 spiro atoms. The molecule has 9 heteroatoms. The molecule has 0 saturated carbocycles. The molecule has 1 unspecified atom stereocenters. The normalized spacial score (nSPS) is 12.0. The van der Waals surface area contributed by atoms with Gasteiger partial charge in [-0.2, -0.15) is 0 Å². The zero-order valence-electron chi connectivity index (χ0n) is 19.6. The van der Waals surface area contributed by atoms with Gasteiger partial charge in [-0.05, 0) is 49.2 Å². The van der Waals surface area contributed by atoms with Crippen LogP contribution in [0.3, 0.4) is 0 Å². The first-order valence-corrected chi connectivity index (χ1v) is 12.9. The molecular formula is C26H28ClN3O4S. The van der Waals surface area contributed by atoms with Gasteiger partial charge < -0.3 is 10.2 Å². The maximum atomic E-state index is 13.6. The number of nitrogens with zero attached hydrogens (tertiary/aromatic N) is 2. The molecule has 3 aromatic carbocycles. The van der Waals surface area contributed by atoms with Crippen LogP contribution in [0.1, 0.15) is 12.5 Å². The Kier molecular flexibility index (Phi) is 8.89. The van der Waals surface area contributed by atoms with Crippen molar-refractivity contribution < 1.29 is 18.0 Å². The highest BCUT2D eigenvalue weighted by molar-refractivity contribution is 7.92. The van der Waals surface area contributed by atoms with Crippen LogP contribution in [0, 0.1) is 0 Å². The molecule has 1 atom stereocenters. The van der Waals surface area contributed by atoms with Crippen LogP contribution in [0.4, 0.5) is 5.69 Å². The van der Waals surface area contributed by atoms with Gasteiger partial charge in [-0.25, -0.2) is 8.42 Å². The van der Waals surface area contributed by atoms with Crippen molar-refractivity contribution in [1.82, 2.24) is 10.2 Å². The van der Waals surface area contributed by atoms with Gasteiger partial charge in [-0.1, -0.05) is 66.2 Å². The lowest BCUT2D eigenvalue weighted by Crippen LogP contribution is -2.51. The number of hydrogen-bond acceptors (Lipinski definition) is 4. The fourth-order valence-corrected chi connectivity index (χ4v) is 5.27. The van der Waals surface area contributed by atoms with E-state index in [-0.39, 0.29) is 23.0 Å². The lowest BCUT2D eigenvalue weighted by Gasteiger charge is -2.31. The Balaban J connectivity index is 1.96. The second-order valence-corrected chi connectivity index (χ2v) is 10.2. The second-order valence-electron chi connectivity index (χ2n) is 7.92. The number of carbonyl (C=O) groups excluding carboxylic acids is 2. The minimum atomic E-state index is -4.09. The molecule has 184 valence electrons. The molecule has 0 aliphatic carbocycles. The smallest absolute Gasteiger partial charge is 0.264 e. The predicted molar refractivity (Wildman–Crippen MR) is 138 cm³/mol. The van der Waals surface area contributed by atoms with Gasteiger partial charge in [0, 0.05) is 18.6 Å². The van der Waals surface area contributed by atoms with Crippen molar-refractivity contribution in [3.63, 3.8) is 0 Å². The highest BCUT2D eigenvalue weighted by Gasteiger charge is 2.32. The summed E-state index contributed by atoms with van der Waals surface area (Å²) in [5.74, 6) is -0.844. The number of rotatable bonds is 10. The van der Waals surface area contributed by atoms with Gasteiger partial charge >= 0.3 is 0 Å². The Morgan fingerprint density at radius 3 is 2.17 bits per heavy atom. The van der Waals surface area contributed by atoms with E-state index in [1.807, 2.05) is 30.3 Å². The molecule has 2 amide bonds. The molecule has 0 radical (unpaired) electrons. The third-order valence-corrected chi connectivity index (χ3v) is 7.63. The Bertz CT molecular complexity index is 1250. The Labute approximate surface area is 211 Å². The lowest BCUT2D eigenvalue weighted by molar-refractivity contribution is -0.138. The number of carbonyl (C=O) groups is 2. The molecule has 3 aromatic rings. The molecular weight excluding hydrogens is 486 g/mol. The number of hydrogen-bond donors (Lipinski definition) is 1. The topological polar surface area (TPSA) is 86.8 Å². The summed E-state index contributed by atoms with van der Waals surface area (Å²) in [4.78, 5) is 27.5. The number of sulfonamides is 1. The summed E-state index contributed by atoms with van der Waals surface area (Å²) in [6, 6.07) is 23.0. The minimum absolute atomic E-state index is 0.0444. The third-order valence-electron chi connectivity index (χ3n) is 5.60. The summed E-state index contributed by atoms with van der Waals surface area (Å²) in [6.07, 6.45) is 0.510. The molecule has 0 aliphatic rings. The SMILES string of the molecule is CNC(=O)C(C)N(CCc1ccccc1)C(=O)CN(c1cccc(Cl)c1)S(=O)(=O)c1ccccc1. The number of nitrogens with one attached hydrogen (secondary N) is 1. The fraction of sp³-hybridized carbons (Fsp3) is 0.231. The fourth-order valence-electron chi connectivity index (χ4n) is 3.66. The van der Waals surface area contributed by atoms with Gasteiger partial charge in [0.25, 0.3) is 10.0 Å². The monoisotopic (exact) mass is 513 g/mol. The van der Waals surface area contributed by atoms with E-state index in [0.29, 0.717) is 11.4 Å². The van der Waals surface area contributed by atoms with Gasteiger partial charge in [-0.3, -0.25) is 13.9 Å². The molecule has 35 heavy (non-hydrogen) atoms. The number of benzene rings is 3. The van der Waals surface area contributed by atoms with E-state index >= 15 is 0 Å². The molecule has 0 heterocycles. The molecule has 3 rings (SSSR count). The zero-order valence-corrected chi connectivity index (χ0v) is 21.2. The molecule has 0 aromatic heterocycles. The first kappa shape index (κ1) is 26.2. The van der Waals surface area contributed by atoms with Crippen LogP contribution in [0.5, 0.6) is 0 Å². The van der Waals surface area contributed by atoms with Crippen molar-refractivity contribution in [2.24, 2.45) is 0 Å². The molecule has 0 fully saturated rings. The summed E-state index contributed by atoms with van der Waals surface area (Å²) in [5.41, 5.74) is 1.25. The van der Waals surface area contributed by atoms with E-state index in [1.165, 1.54) is 30.1 Å². The van der Waals surface area contributed by atoms with Crippen molar-refractivity contribution in [2.75, 3.05) is 24.4 Å². The van der Waals surface area contributed by atoms with E-state index in [9.17, 15) is 18.0 Å². The number of amides is 2. The van der Waals surface area contributed by atoms with Crippen LogP contribution in [-0.4, -0.2) is 51.3 Å². The molecule has 0 saturated heterocycles. The van der Waals surface area contributed by atoms with Crippen LogP contribution >= 0.6 is 11.6 Å². The van der Waals surface area contributed by atoms with E-state index in [1.54, 1.807) is 43.3 Å². The van der Waals surface area contributed by atoms with Crippen molar-refractivity contribution in [3.8, 4) is 0 Å². The van der Waals surface area contributed by atoms with Crippen molar-refractivity contribution in [1.29, 1.82) is 0 Å². The highest BCUT2D eigenvalue weighted by Crippen LogP contribution is 2.26. The van der Waals surface area contributed by atoms with Crippen molar-refractivity contribution in [2.45, 2.75) is 24.3 Å². The summed E-state index contributed by atoms with van der Waals surface area (Å²) in [6.45, 7) is 1.37. The van der Waals surface area contributed by atoms with Gasteiger partial charge in [0.2, 0.25) is 11.8 Å². The predicted octanol–water partition coefficient (Wildman–Crippen LogP) is 3.74. The Morgan fingerprint density at radius 2 is 1.57 bits per heavy atom. The average molecular weight is 514 g/mol. The average Bonchev–Trinajstić information content (AvgIpc) is 2.87. The minimum Gasteiger partial charge on any atom is -0.357 e. The van der Waals surface area contributed by atoms with Crippen LogP contribution in [0.2, 0.25) is 5.02 Å². The summed E-state index contributed by atoms with van der Waals surface area (Å²) in [7, 11) is -2.59. The maximum Gasteiger partial charge on any atom is 0.264 e. The van der Waals surface area contributed by atoms with E-state index in [4.69, 9.17) is 11.6 Å². The molecule has 1 N–H and O–H groups in total. The number of halogens is 1. The van der Waals surface area contributed by atoms with E-state index < -0.39 is 28.5 Å². The van der Waals surface area contributed by atoms with Gasteiger partial charge in [-0.15, -0.1) is 0 Å². The van der Waals surface area contributed by atoms with Crippen LogP contribution < -0.4 is 9.62 Å². The summed E-state index contributed by atoms with van der Waals surface area (Å²) >= 11 is 6.14. The summed E-state index contributed by atoms with van der Waals surface area (Å²) in [5, 5.41) is 2.90. The van der Waals surface area contributed by atoms with Crippen LogP contribution in [-0.2, 0) is 26.0 Å². The van der Waals surface area contributed by atoms with E-state index in [2.05, 4.69) is 5.32 Å². The Hall–Kier alpha value is -3.36. The lowest BCUT2D eigenvalue weighted by atomic mass is 10.1. The standard InChI is InChI=1S/C26H28ClN3O4S/c1-20(26(32)28-2)29(17-16-21-10-5-3-6-11-21)25(31)19-30(23-13-9-12-22(27)18-23)35(33,34)24-14-7-4-8-15-24/h3-15,18,20H,16-17,19H2,1-2H3,(H,28,32). The van der Waals surface area contributed by atoms with E-state index in [0.717, 1.165) is 9.87 Å². The largest absolute Gasteiger partial charge is 0.357 e. The summed E-state index contributed by atoms with van der Waals surface area (Å²) < 4.78 is 28.2. The molecule has 0 bridgehead atoms. The Morgan fingerprint density at radius 1 is 0.943 bits per heavy atom. The van der Waals surface area contributed by atoms with Crippen LogP contribution in [0.15, 0.2) is 89.8 Å². The van der Waals surface area contributed by atoms with Crippen molar-refractivity contribution in [3.05, 3.63) is 95.5 Å². The molecule has 0 aliphatic heterocycles. The zero-order chi connectivity index (χ0) is 25.4. The third kappa shape index (κ3) is 6.61. The maximum absolute atomic E-state index is 13.6. The first-order chi connectivity index (χ1) is 16.7. The van der Waals surface area contributed by atoms with Gasteiger partial charge in [0.15, 0.2) is 0 Å². The van der Waals surface area contributed by atoms with Crippen LogP contribution in [0.25, 0.3) is 0 Å². The number of anilines is 1. The van der Waals surface area contributed by atoms with Gasteiger partial charge in [0.05, 0.1) is 10.6 Å². The van der Waals surface area contributed by atoms with Crippen molar-refractivity contribution >= 4 is 39.1 Å². The quantitative estimate of drug-likeness (QED) is 0.447. The molecule has 7 nitrogen and oxygen atoms in total.